The second kappa shape index (κ2) is 7.46. The van der Waals surface area contributed by atoms with E-state index in [2.05, 4.69) is 41.7 Å². The summed E-state index contributed by atoms with van der Waals surface area (Å²) in [6, 6.07) is 20.3. The first kappa shape index (κ1) is 14.3. The SMILES string of the molecule is CN(C)CC/C(=N\Nc1ccccc1)c1ccccc1. The molecule has 0 spiro atoms. The number of benzene rings is 2. The summed E-state index contributed by atoms with van der Waals surface area (Å²) in [6.07, 6.45) is 0.914. The van der Waals surface area contributed by atoms with Gasteiger partial charge in [0.25, 0.3) is 0 Å². The highest BCUT2D eigenvalue weighted by atomic mass is 15.3. The number of rotatable bonds is 6. The van der Waals surface area contributed by atoms with Crippen molar-refractivity contribution in [1.29, 1.82) is 0 Å². The average Bonchev–Trinajstić information content (AvgIpc) is 2.49. The Morgan fingerprint density at radius 2 is 1.55 bits per heavy atom. The quantitative estimate of drug-likeness (QED) is 0.641. The fourth-order valence-electron chi connectivity index (χ4n) is 1.87. The third kappa shape index (κ3) is 4.52. The monoisotopic (exact) mass is 267 g/mol. The molecule has 0 amide bonds. The molecule has 0 radical (unpaired) electrons. The van der Waals surface area contributed by atoms with E-state index in [-0.39, 0.29) is 0 Å². The minimum Gasteiger partial charge on any atom is -0.309 e. The van der Waals surface area contributed by atoms with Crippen LogP contribution in [0.2, 0.25) is 0 Å². The van der Waals surface area contributed by atoms with Crippen molar-refractivity contribution >= 4 is 11.4 Å². The van der Waals surface area contributed by atoms with Crippen LogP contribution in [-0.4, -0.2) is 31.3 Å². The van der Waals surface area contributed by atoms with Gasteiger partial charge in [0.2, 0.25) is 0 Å². The van der Waals surface area contributed by atoms with Crippen molar-refractivity contribution in [1.82, 2.24) is 4.90 Å². The highest BCUT2D eigenvalue weighted by molar-refractivity contribution is 6.01. The van der Waals surface area contributed by atoms with Gasteiger partial charge in [-0.2, -0.15) is 5.10 Å². The fraction of sp³-hybridized carbons (Fsp3) is 0.235. The van der Waals surface area contributed by atoms with Gasteiger partial charge in [-0.1, -0.05) is 48.5 Å². The molecule has 0 unspecified atom stereocenters. The molecule has 0 aliphatic heterocycles. The minimum atomic E-state index is 0.914. The predicted octanol–water partition coefficient (Wildman–Crippen LogP) is 3.45. The van der Waals surface area contributed by atoms with Gasteiger partial charge in [-0.05, 0) is 31.8 Å². The van der Waals surface area contributed by atoms with Crippen molar-refractivity contribution in [2.75, 3.05) is 26.1 Å². The first-order valence-electron chi connectivity index (χ1n) is 6.83. The zero-order valence-corrected chi connectivity index (χ0v) is 12.1. The third-order valence-corrected chi connectivity index (χ3v) is 3.00. The lowest BCUT2D eigenvalue weighted by Crippen LogP contribution is -2.18. The van der Waals surface area contributed by atoms with E-state index in [0.29, 0.717) is 0 Å². The van der Waals surface area contributed by atoms with Crippen molar-refractivity contribution in [3.05, 3.63) is 66.2 Å². The molecule has 0 saturated carbocycles. The van der Waals surface area contributed by atoms with Crippen LogP contribution in [0.25, 0.3) is 0 Å². The van der Waals surface area contributed by atoms with Crippen LogP contribution < -0.4 is 5.43 Å². The molecule has 2 aromatic carbocycles. The van der Waals surface area contributed by atoms with E-state index < -0.39 is 0 Å². The molecular formula is C17H21N3. The molecule has 2 aromatic rings. The zero-order valence-electron chi connectivity index (χ0n) is 12.1. The van der Waals surface area contributed by atoms with E-state index in [1.807, 2.05) is 48.5 Å². The van der Waals surface area contributed by atoms with Crippen LogP contribution in [0.5, 0.6) is 0 Å². The van der Waals surface area contributed by atoms with Crippen molar-refractivity contribution in [2.24, 2.45) is 5.10 Å². The van der Waals surface area contributed by atoms with Gasteiger partial charge in [0, 0.05) is 13.0 Å². The molecule has 0 fully saturated rings. The molecule has 0 aliphatic rings. The highest BCUT2D eigenvalue weighted by Gasteiger charge is 2.04. The molecule has 3 heteroatoms. The second-order valence-corrected chi connectivity index (χ2v) is 4.96. The Labute approximate surface area is 120 Å². The molecule has 0 bridgehead atoms. The molecule has 0 aromatic heterocycles. The summed E-state index contributed by atoms with van der Waals surface area (Å²) in [5.41, 5.74) is 6.38. The van der Waals surface area contributed by atoms with Crippen LogP contribution in [0, 0.1) is 0 Å². The van der Waals surface area contributed by atoms with Gasteiger partial charge >= 0.3 is 0 Å². The summed E-state index contributed by atoms with van der Waals surface area (Å²) in [5.74, 6) is 0. The summed E-state index contributed by atoms with van der Waals surface area (Å²) in [7, 11) is 4.15. The Hall–Kier alpha value is -2.13. The van der Waals surface area contributed by atoms with Crippen LogP contribution in [0.1, 0.15) is 12.0 Å². The normalized spacial score (nSPS) is 11.7. The molecule has 0 heterocycles. The van der Waals surface area contributed by atoms with E-state index in [0.717, 1.165) is 29.9 Å². The van der Waals surface area contributed by atoms with Gasteiger partial charge in [-0.25, -0.2) is 0 Å². The van der Waals surface area contributed by atoms with Crippen LogP contribution >= 0.6 is 0 Å². The van der Waals surface area contributed by atoms with Gasteiger partial charge in [0.1, 0.15) is 0 Å². The first-order chi connectivity index (χ1) is 9.75. The number of hydrogen-bond donors (Lipinski definition) is 1. The van der Waals surface area contributed by atoms with Gasteiger partial charge < -0.3 is 4.90 Å². The molecule has 3 nitrogen and oxygen atoms in total. The summed E-state index contributed by atoms with van der Waals surface area (Å²) in [4.78, 5) is 2.17. The number of anilines is 1. The van der Waals surface area contributed by atoms with Gasteiger partial charge in [0.15, 0.2) is 0 Å². The van der Waals surface area contributed by atoms with E-state index in [1.54, 1.807) is 0 Å². The van der Waals surface area contributed by atoms with Crippen molar-refractivity contribution < 1.29 is 0 Å². The topological polar surface area (TPSA) is 27.6 Å². The van der Waals surface area contributed by atoms with Gasteiger partial charge in [0.05, 0.1) is 11.4 Å². The number of hydrogen-bond acceptors (Lipinski definition) is 3. The lowest BCUT2D eigenvalue weighted by Gasteiger charge is -2.12. The molecule has 0 atom stereocenters. The number of nitrogens with one attached hydrogen (secondary N) is 1. The minimum absolute atomic E-state index is 0.914. The van der Waals surface area contributed by atoms with E-state index in [4.69, 9.17) is 0 Å². The van der Waals surface area contributed by atoms with Crippen molar-refractivity contribution in [3.63, 3.8) is 0 Å². The van der Waals surface area contributed by atoms with Gasteiger partial charge in [-0.15, -0.1) is 0 Å². The molecule has 2 rings (SSSR count). The lowest BCUT2D eigenvalue weighted by molar-refractivity contribution is 0.422. The average molecular weight is 267 g/mol. The Morgan fingerprint density at radius 1 is 0.950 bits per heavy atom. The van der Waals surface area contributed by atoms with Crippen LogP contribution in [-0.2, 0) is 0 Å². The number of hydrazone groups is 1. The number of para-hydroxylation sites is 1. The second-order valence-electron chi connectivity index (χ2n) is 4.96. The summed E-state index contributed by atoms with van der Waals surface area (Å²) < 4.78 is 0. The Bertz CT molecular complexity index is 533. The highest BCUT2D eigenvalue weighted by Crippen LogP contribution is 2.09. The van der Waals surface area contributed by atoms with Crippen molar-refractivity contribution in [2.45, 2.75) is 6.42 Å². The molecule has 20 heavy (non-hydrogen) atoms. The maximum atomic E-state index is 4.58. The maximum Gasteiger partial charge on any atom is 0.0692 e. The van der Waals surface area contributed by atoms with E-state index in [1.165, 1.54) is 0 Å². The van der Waals surface area contributed by atoms with Gasteiger partial charge in [-0.3, -0.25) is 5.43 Å². The largest absolute Gasteiger partial charge is 0.309 e. The Kier molecular flexibility index (Phi) is 5.33. The zero-order chi connectivity index (χ0) is 14.2. The maximum absolute atomic E-state index is 4.58. The molecular weight excluding hydrogens is 246 g/mol. The van der Waals surface area contributed by atoms with Crippen LogP contribution in [0.4, 0.5) is 5.69 Å². The Morgan fingerprint density at radius 3 is 2.15 bits per heavy atom. The third-order valence-electron chi connectivity index (χ3n) is 3.00. The molecule has 104 valence electrons. The lowest BCUT2D eigenvalue weighted by atomic mass is 10.1. The standard InChI is InChI=1S/C17H21N3/c1-20(2)14-13-17(15-9-5-3-6-10-15)19-18-16-11-7-4-8-12-16/h3-12,18H,13-14H2,1-2H3/b19-17+. The smallest absolute Gasteiger partial charge is 0.0692 e. The molecule has 0 saturated heterocycles. The van der Waals surface area contributed by atoms with E-state index >= 15 is 0 Å². The summed E-state index contributed by atoms with van der Waals surface area (Å²) in [5, 5.41) is 4.58. The first-order valence-corrected chi connectivity index (χ1v) is 6.83. The predicted molar refractivity (Wildman–Crippen MR) is 86.2 cm³/mol. The molecule has 0 aliphatic carbocycles. The van der Waals surface area contributed by atoms with Crippen LogP contribution in [0.3, 0.4) is 0 Å². The number of nitrogens with zero attached hydrogens (tertiary/aromatic N) is 2. The Balaban J connectivity index is 2.13. The van der Waals surface area contributed by atoms with Crippen LogP contribution in [0.15, 0.2) is 65.8 Å². The summed E-state index contributed by atoms with van der Waals surface area (Å²) in [6.45, 7) is 0.976. The molecule has 1 N–H and O–H groups in total. The van der Waals surface area contributed by atoms with Crippen molar-refractivity contribution in [3.8, 4) is 0 Å². The van der Waals surface area contributed by atoms with E-state index in [9.17, 15) is 0 Å². The summed E-state index contributed by atoms with van der Waals surface area (Å²) >= 11 is 0. The fourth-order valence-corrected chi connectivity index (χ4v) is 1.87.